The molecule has 1 atom stereocenters. The molecule has 3 aromatic rings. The number of thioether (sulfide) groups is 1. The van der Waals surface area contributed by atoms with Crippen molar-refractivity contribution >= 4 is 35.1 Å². The van der Waals surface area contributed by atoms with E-state index in [1.165, 1.54) is 11.8 Å². The molecule has 148 valence electrons. The lowest BCUT2D eigenvalue weighted by Crippen LogP contribution is -2.28. The van der Waals surface area contributed by atoms with Gasteiger partial charge in [-0.3, -0.25) is 9.78 Å². The summed E-state index contributed by atoms with van der Waals surface area (Å²) in [6.45, 7) is 1.93. The van der Waals surface area contributed by atoms with Crippen LogP contribution in [0.25, 0.3) is 0 Å². The van der Waals surface area contributed by atoms with Crippen molar-refractivity contribution in [2.24, 2.45) is 0 Å². The molecule has 0 radical (unpaired) electrons. The zero-order chi connectivity index (χ0) is 20.5. The van der Waals surface area contributed by atoms with Crippen LogP contribution in [0.15, 0.2) is 84.0 Å². The van der Waals surface area contributed by atoms with Gasteiger partial charge in [-0.25, -0.2) is 4.79 Å². The molecular weight excluding hydrogens is 384 g/mol. The quantitative estimate of drug-likeness (QED) is 0.497. The van der Waals surface area contributed by atoms with E-state index in [2.05, 4.69) is 20.9 Å². The zero-order valence-corrected chi connectivity index (χ0v) is 16.8. The van der Waals surface area contributed by atoms with E-state index in [-0.39, 0.29) is 18.0 Å². The Labute approximate surface area is 174 Å². The lowest BCUT2D eigenvalue weighted by Gasteiger charge is -2.15. The predicted molar refractivity (Wildman–Crippen MR) is 117 cm³/mol. The highest BCUT2D eigenvalue weighted by Crippen LogP contribution is 2.19. The standard InChI is InChI=1S/C22H22N4O2S/c1-16(24-21(27)15-29-20-11-13-23-14-12-20)17-7-9-19(10-8-17)26-22(28)25-18-5-3-2-4-6-18/h2-14,16H,15H2,1H3,(H,24,27)(H2,25,26,28). The molecule has 3 N–H and O–H groups in total. The number of aromatic nitrogens is 1. The number of nitrogens with zero attached hydrogens (tertiary/aromatic N) is 1. The molecule has 0 bridgehead atoms. The van der Waals surface area contributed by atoms with Gasteiger partial charge in [0.05, 0.1) is 11.8 Å². The Morgan fingerprint density at radius 3 is 2.17 bits per heavy atom. The number of pyridine rings is 1. The predicted octanol–water partition coefficient (Wildman–Crippen LogP) is 4.70. The molecule has 1 heterocycles. The molecule has 0 aliphatic heterocycles. The molecule has 29 heavy (non-hydrogen) atoms. The van der Waals surface area contributed by atoms with Crippen LogP contribution in [0.5, 0.6) is 0 Å². The Hall–Kier alpha value is -3.32. The van der Waals surface area contributed by atoms with E-state index in [0.717, 1.165) is 16.1 Å². The minimum absolute atomic E-state index is 0.0382. The number of anilines is 2. The number of para-hydroxylation sites is 1. The smallest absolute Gasteiger partial charge is 0.323 e. The average molecular weight is 407 g/mol. The number of rotatable bonds is 7. The highest BCUT2D eigenvalue weighted by Gasteiger charge is 2.10. The number of urea groups is 1. The summed E-state index contributed by atoms with van der Waals surface area (Å²) < 4.78 is 0. The summed E-state index contributed by atoms with van der Waals surface area (Å²) >= 11 is 1.47. The SMILES string of the molecule is CC(NC(=O)CSc1ccncc1)c1ccc(NC(=O)Nc2ccccc2)cc1. The fourth-order valence-corrected chi connectivity index (χ4v) is 3.32. The van der Waals surface area contributed by atoms with Crippen molar-refractivity contribution < 1.29 is 9.59 Å². The molecule has 1 aromatic heterocycles. The van der Waals surface area contributed by atoms with Gasteiger partial charge in [0, 0.05) is 28.7 Å². The summed E-state index contributed by atoms with van der Waals surface area (Å²) in [5, 5.41) is 8.54. The van der Waals surface area contributed by atoms with Crippen LogP contribution in [0.4, 0.5) is 16.2 Å². The maximum atomic E-state index is 12.2. The van der Waals surface area contributed by atoms with E-state index in [1.807, 2.05) is 73.7 Å². The monoisotopic (exact) mass is 406 g/mol. The van der Waals surface area contributed by atoms with Crippen LogP contribution in [0.3, 0.4) is 0 Å². The number of carbonyl (C=O) groups excluding carboxylic acids is 2. The minimum Gasteiger partial charge on any atom is -0.349 e. The van der Waals surface area contributed by atoms with Crippen molar-refractivity contribution in [2.75, 3.05) is 16.4 Å². The van der Waals surface area contributed by atoms with Crippen LogP contribution < -0.4 is 16.0 Å². The third-order valence-electron chi connectivity index (χ3n) is 4.10. The lowest BCUT2D eigenvalue weighted by molar-refractivity contribution is -0.119. The van der Waals surface area contributed by atoms with E-state index in [4.69, 9.17) is 0 Å². The fraction of sp³-hybridized carbons (Fsp3) is 0.136. The van der Waals surface area contributed by atoms with Crippen LogP contribution in [-0.4, -0.2) is 22.7 Å². The van der Waals surface area contributed by atoms with Gasteiger partial charge in [-0.2, -0.15) is 0 Å². The summed E-state index contributed by atoms with van der Waals surface area (Å²) in [7, 11) is 0. The number of nitrogens with one attached hydrogen (secondary N) is 3. The number of benzene rings is 2. The maximum absolute atomic E-state index is 12.2. The van der Waals surface area contributed by atoms with Crippen molar-refractivity contribution in [3.63, 3.8) is 0 Å². The van der Waals surface area contributed by atoms with Crippen LogP contribution in [-0.2, 0) is 4.79 Å². The minimum atomic E-state index is -0.307. The van der Waals surface area contributed by atoms with Crippen LogP contribution in [0.1, 0.15) is 18.5 Å². The molecule has 3 amide bonds. The highest BCUT2D eigenvalue weighted by molar-refractivity contribution is 8.00. The first kappa shape index (κ1) is 20.4. The van der Waals surface area contributed by atoms with Crippen LogP contribution in [0.2, 0.25) is 0 Å². The molecule has 0 saturated heterocycles. The van der Waals surface area contributed by atoms with E-state index in [1.54, 1.807) is 12.4 Å². The largest absolute Gasteiger partial charge is 0.349 e. The first-order valence-corrected chi connectivity index (χ1v) is 10.1. The molecule has 0 saturated carbocycles. The topological polar surface area (TPSA) is 83.1 Å². The Morgan fingerprint density at radius 2 is 1.52 bits per heavy atom. The van der Waals surface area contributed by atoms with Crippen LogP contribution in [0, 0.1) is 0 Å². The Bertz CT molecular complexity index is 934. The molecule has 0 fully saturated rings. The number of hydrogen-bond donors (Lipinski definition) is 3. The van der Waals surface area contributed by atoms with Gasteiger partial charge < -0.3 is 16.0 Å². The summed E-state index contributed by atoms with van der Waals surface area (Å²) in [6.07, 6.45) is 3.41. The molecular formula is C22H22N4O2S. The summed E-state index contributed by atoms with van der Waals surface area (Å²) in [5.74, 6) is 0.303. The second-order valence-corrected chi connectivity index (χ2v) is 7.38. The van der Waals surface area contributed by atoms with E-state index in [9.17, 15) is 9.59 Å². The fourth-order valence-electron chi connectivity index (χ4n) is 2.62. The summed E-state index contributed by atoms with van der Waals surface area (Å²) in [6, 6.07) is 20.0. The van der Waals surface area contributed by atoms with Gasteiger partial charge in [-0.1, -0.05) is 30.3 Å². The highest BCUT2D eigenvalue weighted by atomic mass is 32.2. The number of amides is 3. The van der Waals surface area contributed by atoms with E-state index >= 15 is 0 Å². The molecule has 1 unspecified atom stereocenters. The van der Waals surface area contributed by atoms with Gasteiger partial charge >= 0.3 is 6.03 Å². The molecule has 0 spiro atoms. The van der Waals surface area contributed by atoms with Crippen molar-refractivity contribution in [3.8, 4) is 0 Å². The Morgan fingerprint density at radius 1 is 0.897 bits per heavy atom. The number of hydrogen-bond acceptors (Lipinski definition) is 4. The molecule has 2 aromatic carbocycles. The average Bonchev–Trinajstić information content (AvgIpc) is 2.74. The van der Waals surface area contributed by atoms with Gasteiger partial charge in [0.15, 0.2) is 0 Å². The first-order chi connectivity index (χ1) is 14.1. The van der Waals surface area contributed by atoms with Gasteiger partial charge in [0.25, 0.3) is 0 Å². The molecule has 3 rings (SSSR count). The third-order valence-corrected chi connectivity index (χ3v) is 5.11. The molecule has 0 aliphatic carbocycles. The Kier molecular flexibility index (Phi) is 7.24. The third kappa shape index (κ3) is 6.65. The van der Waals surface area contributed by atoms with Gasteiger partial charge in [-0.15, -0.1) is 11.8 Å². The maximum Gasteiger partial charge on any atom is 0.323 e. The Balaban J connectivity index is 1.47. The van der Waals surface area contributed by atoms with Crippen molar-refractivity contribution in [1.29, 1.82) is 0 Å². The molecule has 7 heteroatoms. The van der Waals surface area contributed by atoms with Crippen molar-refractivity contribution in [1.82, 2.24) is 10.3 Å². The van der Waals surface area contributed by atoms with Crippen molar-refractivity contribution in [2.45, 2.75) is 17.9 Å². The lowest BCUT2D eigenvalue weighted by atomic mass is 10.1. The summed E-state index contributed by atoms with van der Waals surface area (Å²) in [4.78, 5) is 29.2. The second kappa shape index (κ2) is 10.3. The van der Waals surface area contributed by atoms with Crippen LogP contribution >= 0.6 is 11.8 Å². The van der Waals surface area contributed by atoms with E-state index < -0.39 is 0 Å². The zero-order valence-electron chi connectivity index (χ0n) is 16.0. The van der Waals surface area contributed by atoms with Crippen molar-refractivity contribution in [3.05, 3.63) is 84.7 Å². The molecule has 0 aliphatic rings. The number of carbonyl (C=O) groups is 2. The summed E-state index contributed by atoms with van der Waals surface area (Å²) in [5.41, 5.74) is 2.36. The van der Waals surface area contributed by atoms with Gasteiger partial charge in [0.1, 0.15) is 0 Å². The van der Waals surface area contributed by atoms with Gasteiger partial charge in [0.2, 0.25) is 5.91 Å². The molecule has 6 nitrogen and oxygen atoms in total. The van der Waals surface area contributed by atoms with E-state index in [0.29, 0.717) is 11.4 Å². The normalized spacial score (nSPS) is 11.3. The first-order valence-electron chi connectivity index (χ1n) is 9.15. The second-order valence-electron chi connectivity index (χ2n) is 6.33. The van der Waals surface area contributed by atoms with Gasteiger partial charge in [-0.05, 0) is 48.9 Å².